The summed E-state index contributed by atoms with van der Waals surface area (Å²) >= 11 is 0. The average molecular weight is 493 g/mol. The van der Waals surface area contributed by atoms with Crippen molar-refractivity contribution in [3.05, 3.63) is 54.1 Å². The Kier molecular flexibility index (Phi) is 8.88. The molecule has 35 heavy (non-hydrogen) atoms. The number of ether oxygens (including phenoxy) is 2. The van der Waals surface area contributed by atoms with Gasteiger partial charge in [-0.2, -0.15) is 0 Å². The van der Waals surface area contributed by atoms with Crippen molar-refractivity contribution in [2.75, 3.05) is 31.5 Å². The molecule has 0 aliphatic carbocycles. The van der Waals surface area contributed by atoms with Crippen LogP contribution in [-0.2, 0) is 6.61 Å². The lowest BCUT2D eigenvalue weighted by Crippen LogP contribution is -2.42. The minimum absolute atomic E-state index is 0.0786. The van der Waals surface area contributed by atoms with E-state index in [0.717, 1.165) is 49.1 Å². The van der Waals surface area contributed by atoms with Gasteiger partial charge in [0.15, 0.2) is 5.96 Å². The van der Waals surface area contributed by atoms with Gasteiger partial charge in [-0.15, -0.1) is 13.2 Å². The van der Waals surface area contributed by atoms with Crippen molar-refractivity contribution in [3.63, 3.8) is 0 Å². The smallest absolute Gasteiger partial charge is 0.489 e. The zero-order valence-electron chi connectivity index (χ0n) is 20.6. The number of aliphatic imine (C=N–C) groups is 1. The molecule has 1 aliphatic heterocycles. The maximum atomic E-state index is 12.3. The Bertz CT molecular complexity index is 952. The van der Waals surface area contributed by atoms with Crippen LogP contribution >= 0.6 is 0 Å². The van der Waals surface area contributed by atoms with Crippen molar-refractivity contribution < 1.29 is 22.6 Å². The van der Waals surface area contributed by atoms with Gasteiger partial charge in [0.1, 0.15) is 18.1 Å². The van der Waals surface area contributed by atoms with Crippen molar-refractivity contribution in [2.24, 2.45) is 22.1 Å². The second-order valence-electron chi connectivity index (χ2n) is 9.81. The van der Waals surface area contributed by atoms with Crippen molar-refractivity contribution >= 4 is 11.6 Å². The molecular weight excluding hydrogens is 457 g/mol. The summed E-state index contributed by atoms with van der Waals surface area (Å²) in [5, 5.41) is 3.46. The number of anilines is 1. The molecule has 9 heteroatoms. The predicted octanol–water partition coefficient (Wildman–Crippen LogP) is 5.65. The molecule has 6 nitrogen and oxygen atoms in total. The molecule has 0 aromatic heterocycles. The van der Waals surface area contributed by atoms with Crippen LogP contribution in [0.2, 0.25) is 0 Å². The lowest BCUT2D eigenvalue weighted by molar-refractivity contribution is -0.274. The van der Waals surface area contributed by atoms with Gasteiger partial charge in [-0.25, -0.2) is 0 Å². The van der Waals surface area contributed by atoms with E-state index in [0.29, 0.717) is 18.8 Å². The number of hydrogen-bond donors (Lipinski definition) is 2. The molecule has 0 bridgehead atoms. The van der Waals surface area contributed by atoms with Crippen LogP contribution in [0, 0.1) is 11.3 Å². The van der Waals surface area contributed by atoms with Gasteiger partial charge in [0, 0.05) is 25.3 Å². The third kappa shape index (κ3) is 8.98. The predicted molar refractivity (Wildman–Crippen MR) is 133 cm³/mol. The van der Waals surface area contributed by atoms with Crippen molar-refractivity contribution in [3.8, 4) is 11.5 Å². The molecule has 1 saturated heterocycles. The Morgan fingerprint density at radius 3 is 2.20 bits per heavy atom. The Balaban J connectivity index is 1.60. The molecular formula is C26H35F3N4O2. The number of rotatable bonds is 8. The van der Waals surface area contributed by atoms with E-state index in [1.807, 2.05) is 24.3 Å². The highest BCUT2D eigenvalue weighted by Crippen LogP contribution is 2.24. The van der Waals surface area contributed by atoms with Crippen LogP contribution in [0.1, 0.15) is 39.2 Å². The fraction of sp³-hybridized carbons (Fsp3) is 0.500. The lowest BCUT2D eigenvalue weighted by Gasteiger charge is -2.33. The first-order chi connectivity index (χ1) is 16.5. The van der Waals surface area contributed by atoms with E-state index in [9.17, 15) is 13.2 Å². The number of likely N-dealkylation sites (tertiary alicyclic amines) is 1. The van der Waals surface area contributed by atoms with Crippen molar-refractivity contribution in [2.45, 2.75) is 46.6 Å². The van der Waals surface area contributed by atoms with Gasteiger partial charge in [-0.1, -0.05) is 32.9 Å². The maximum absolute atomic E-state index is 12.3. The van der Waals surface area contributed by atoms with Gasteiger partial charge in [0.2, 0.25) is 0 Å². The minimum atomic E-state index is -4.70. The number of piperidine rings is 1. The Labute approximate surface area is 205 Å². The number of nitrogens with zero attached hydrogens (tertiary/aromatic N) is 2. The number of benzene rings is 2. The lowest BCUT2D eigenvalue weighted by atomic mass is 9.94. The number of halogens is 3. The van der Waals surface area contributed by atoms with E-state index in [1.54, 1.807) is 12.1 Å². The summed E-state index contributed by atoms with van der Waals surface area (Å²) in [5.41, 5.74) is 7.44. The SMILES string of the molecule is CC1CCN(C(=NCC(C)(C)CN)Nc2ccc(OCc3ccc(OC(F)(F)F)cc3)cc2)CC1. The molecule has 2 aromatic rings. The van der Waals surface area contributed by atoms with E-state index in [2.05, 4.69) is 35.7 Å². The third-order valence-corrected chi connectivity index (χ3v) is 5.97. The topological polar surface area (TPSA) is 72.1 Å². The molecule has 3 N–H and O–H groups in total. The Morgan fingerprint density at radius 1 is 1.03 bits per heavy atom. The van der Waals surface area contributed by atoms with Crippen LogP contribution in [-0.4, -0.2) is 43.4 Å². The molecule has 192 valence electrons. The summed E-state index contributed by atoms with van der Waals surface area (Å²) in [4.78, 5) is 7.17. The highest BCUT2D eigenvalue weighted by atomic mass is 19.4. The molecule has 0 saturated carbocycles. The molecule has 1 heterocycles. The van der Waals surface area contributed by atoms with Crippen LogP contribution in [0.3, 0.4) is 0 Å². The molecule has 0 atom stereocenters. The quantitative estimate of drug-likeness (QED) is 0.368. The molecule has 3 rings (SSSR count). The molecule has 2 aromatic carbocycles. The molecule has 1 aliphatic rings. The van der Waals surface area contributed by atoms with E-state index < -0.39 is 6.36 Å². The second-order valence-corrected chi connectivity index (χ2v) is 9.81. The van der Waals surface area contributed by atoms with Gasteiger partial charge in [0.25, 0.3) is 0 Å². The van der Waals surface area contributed by atoms with Gasteiger partial charge >= 0.3 is 6.36 Å². The normalized spacial score (nSPS) is 15.7. The maximum Gasteiger partial charge on any atom is 0.573 e. The summed E-state index contributed by atoms with van der Waals surface area (Å²) in [6.07, 6.45) is -2.43. The van der Waals surface area contributed by atoms with Crippen LogP contribution in [0.25, 0.3) is 0 Å². The molecule has 0 unspecified atom stereocenters. The Morgan fingerprint density at radius 2 is 1.63 bits per heavy atom. The summed E-state index contributed by atoms with van der Waals surface area (Å²) in [6, 6.07) is 13.2. The second kappa shape index (κ2) is 11.7. The number of hydrogen-bond acceptors (Lipinski definition) is 4. The summed E-state index contributed by atoms with van der Waals surface area (Å²) < 4.78 is 46.5. The van der Waals surface area contributed by atoms with Gasteiger partial charge in [-0.05, 0) is 72.7 Å². The van der Waals surface area contributed by atoms with Crippen molar-refractivity contribution in [1.82, 2.24) is 4.90 Å². The molecule has 0 spiro atoms. The zero-order chi connectivity index (χ0) is 25.5. The highest BCUT2D eigenvalue weighted by molar-refractivity contribution is 5.93. The van der Waals surface area contributed by atoms with Crippen LogP contribution in [0.15, 0.2) is 53.5 Å². The van der Waals surface area contributed by atoms with Gasteiger partial charge in [-0.3, -0.25) is 4.99 Å². The molecule has 0 radical (unpaired) electrons. The fourth-order valence-electron chi connectivity index (χ4n) is 3.51. The Hall–Kier alpha value is -2.94. The monoisotopic (exact) mass is 492 g/mol. The van der Waals surface area contributed by atoms with Crippen LogP contribution in [0.5, 0.6) is 11.5 Å². The van der Waals surface area contributed by atoms with Gasteiger partial charge in [0.05, 0.1) is 0 Å². The first kappa shape index (κ1) is 26.7. The van der Waals surface area contributed by atoms with E-state index >= 15 is 0 Å². The van der Waals surface area contributed by atoms with E-state index in [4.69, 9.17) is 15.5 Å². The highest BCUT2D eigenvalue weighted by Gasteiger charge is 2.31. The van der Waals surface area contributed by atoms with Gasteiger partial charge < -0.3 is 25.4 Å². The summed E-state index contributed by atoms with van der Waals surface area (Å²) in [5.74, 6) is 1.97. The number of alkyl halides is 3. The van der Waals surface area contributed by atoms with E-state index in [-0.39, 0.29) is 17.8 Å². The fourth-order valence-corrected chi connectivity index (χ4v) is 3.51. The third-order valence-electron chi connectivity index (χ3n) is 5.97. The van der Waals surface area contributed by atoms with Crippen LogP contribution < -0.4 is 20.5 Å². The number of nitrogens with two attached hydrogens (primary N) is 1. The van der Waals surface area contributed by atoms with E-state index in [1.165, 1.54) is 12.1 Å². The largest absolute Gasteiger partial charge is 0.573 e. The molecule has 1 fully saturated rings. The first-order valence-corrected chi connectivity index (χ1v) is 11.9. The first-order valence-electron chi connectivity index (χ1n) is 11.9. The summed E-state index contributed by atoms with van der Waals surface area (Å²) in [6.45, 7) is 9.84. The molecule has 0 amide bonds. The average Bonchev–Trinajstić information content (AvgIpc) is 2.82. The van der Waals surface area contributed by atoms with Crippen LogP contribution in [0.4, 0.5) is 18.9 Å². The standard InChI is InChI=1S/C26H35F3N4O2/c1-19-12-14-33(15-13-19)24(31-18-25(2,3)17-30)32-21-6-10-22(11-7-21)34-16-20-4-8-23(9-5-20)35-26(27,28)29/h4-11,19H,12-18,30H2,1-3H3,(H,31,32). The minimum Gasteiger partial charge on any atom is -0.489 e. The number of guanidine groups is 1. The zero-order valence-corrected chi connectivity index (χ0v) is 20.6. The number of nitrogens with one attached hydrogen (secondary N) is 1. The van der Waals surface area contributed by atoms with Crippen molar-refractivity contribution in [1.29, 1.82) is 0 Å². The summed E-state index contributed by atoms with van der Waals surface area (Å²) in [7, 11) is 0.